The number of hydrogen-bond acceptors (Lipinski definition) is 5. The Labute approximate surface area is 125 Å². The van der Waals surface area contributed by atoms with E-state index in [1.54, 1.807) is 18.3 Å². The van der Waals surface area contributed by atoms with Crippen LogP contribution in [0.5, 0.6) is 0 Å². The van der Waals surface area contributed by atoms with E-state index in [9.17, 15) is 8.42 Å². The van der Waals surface area contributed by atoms with Crippen LogP contribution in [0.4, 0.5) is 11.5 Å². The maximum absolute atomic E-state index is 11.9. The van der Waals surface area contributed by atoms with Gasteiger partial charge in [0.15, 0.2) is 9.84 Å². The van der Waals surface area contributed by atoms with E-state index in [0.29, 0.717) is 11.5 Å². The lowest BCUT2D eigenvalue weighted by Gasteiger charge is -2.27. The number of nitrogens with zero attached hydrogens (tertiary/aromatic N) is 2. The summed E-state index contributed by atoms with van der Waals surface area (Å²) in [5.41, 5.74) is 7.48. The topological polar surface area (TPSA) is 76.3 Å². The van der Waals surface area contributed by atoms with E-state index in [4.69, 9.17) is 5.73 Å². The van der Waals surface area contributed by atoms with Crippen molar-refractivity contribution in [3.8, 4) is 0 Å². The van der Waals surface area contributed by atoms with Crippen LogP contribution in [-0.4, -0.2) is 26.7 Å². The molecule has 0 radical (unpaired) electrons. The Hall–Kier alpha value is -2.08. The predicted octanol–water partition coefficient (Wildman–Crippen LogP) is 2.26. The van der Waals surface area contributed by atoms with Crippen molar-refractivity contribution in [1.82, 2.24) is 4.98 Å². The summed E-state index contributed by atoms with van der Waals surface area (Å²) < 4.78 is 23.8. The first-order valence-corrected chi connectivity index (χ1v) is 8.43. The Balaban J connectivity index is 2.43. The van der Waals surface area contributed by atoms with E-state index >= 15 is 0 Å². The maximum atomic E-state index is 11.9. The molecule has 0 saturated carbocycles. The van der Waals surface area contributed by atoms with E-state index in [0.717, 1.165) is 5.56 Å². The van der Waals surface area contributed by atoms with Gasteiger partial charge >= 0.3 is 0 Å². The summed E-state index contributed by atoms with van der Waals surface area (Å²) in [6.07, 6.45) is 2.78. The highest BCUT2D eigenvalue weighted by molar-refractivity contribution is 7.90. The van der Waals surface area contributed by atoms with Gasteiger partial charge in [0.1, 0.15) is 10.7 Å². The van der Waals surface area contributed by atoms with E-state index in [2.05, 4.69) is 4.98 Å². The molecule has 0 aliphatic carbocycles. The van der Waals surface area contributed by atoms with Gasteiger partial charge in [0.25, 0.3) is 0 Å². The lowest BCUT2D eigenvalue weighted by molar-refractivity contribution is 0.600. The zero-order chi connectivity index (χ0) is 15.6. The number of benzene rings is 1. The van der Waals surface area contributed by atoms with Gasteiger partial charge in [-0.2, -0.15) is 0 Å². The van der Waals surface area contributed by atoms with Gasteiger partial charge in [-0.3, -0.25) is 0 Å². The van der Waals surface area contributed by atoms with E-state index in [1.165, 1.54) is 6.26 Å². The highest BCUT2D eigenvalue weighted by Crippen LogP contribution is 2.29. The standard InChI is InChI=1S/C15H19N3O2S/c1-11(12-6-4-7-13(16)10-12)18(2)15-14(21(3,19)20)8-5-9-17-15/h4-11H,16H2,1-3H3. The van der Waals surface area contributed by atoms with Gasteiger partial charge in [-0.15, -0.1) is 0 Å². The summed E-state index contributed by atoms with van der Waals surface area (Å²) in [4.78, 5) is 6.29. The van der Waals surface area contributed by atoms with Crippen molar-refractivity contribution in [2.75, 3.05) is 23.9 Å². The first-order valence-electron chi connectivity index (χ1n) is 6.54. The minimum Gasteiger partial charge on any atom is -0.399 e. The SMILES string of the molecule is CC(c1cccc(N)c1)N(C)c1ncccc1S(C)(=O)=O. The maximum Gasteiger partial charge on any atom is 0.179 e. The minimum atomic E-state index is -3.33. The quantitative estimate of drug-likeness (QED) is 0.877. The van der Waals surface area contributed by atoms with Crippen molar-refractivity contribution in [2.24, 2.45) is 0 Å². The average molecular weight is 305 g/mol. The third kappa shape index (κ3) is 3.33. The molecule has 0 amide bonds. The van der Waals surface area contributed by atoms with Gasteiger partial charge in [-0.25, -0.2) is 13.4 Å². The highest BCUT2D eigenvalue weighted by atomic mass is 32.2. The Morgan fingerprint density at radius 2 is 1.95 bits per heavy atom. The third-order valence-electron chi connectivity index (χ3n) is 3.46. The molecule has 0 fully saturated rings. The van der Waals surface area contributed by atoms with Gasteiger partial charge in [0.05, 0.1) is 6.04 Å². The van der Waals surface area contributed by atoms with Gasteiger partial charge in [-0.05, 0) is 36.8 Å². The lowest BCUT2D eigenvalue weighted by atomic mass is 10.1. The molecule has 0 aliphatic heterocycles. The molecule has 21 heavy (non-hydrogen) atoms. The molecule has 1 unspecified atom stereocenters. The first-order chi connectivity index (χ1) is 9.80. The average Bonchev–Trinajstić information content (AvgIpc) is 2.45. The number of pyridine rings is 1. The largest absolute Gasteiger partial charge is 0.399 e. The normalized spacial score (nSPS) is 12.9. The van der Waals surface area contributed by atoms with Crippen LogP contribution in [0.1, 0.15) is 18.5 Å². The molecule has 2 rings (SSSR count). The number of nitrogen functional groups attached to an aromatic ring is 1. The summed E-state index contributed by atoms with van der Waals surface area (Å²) in [5, 5.41) is 0. The van der Waals surface area contributed by atoms with Crippen molar-refractivity contribution in [3.63, 3.8) is 0 Å². The van der Waals surface area contributed by atoms with Crippen LogP contribution in [0.3, 0.4) is 0 Å². The van der Waals surface area contributed by atoms with Crippen LogP contribution in [0, 0.1) is 0 Å². The summed E-state index contributed by atoms with van der Waals surface area (Å²) in [7, 11) is -1.51. The van der Waals surface area contributed by atoms with E-state index in [-0.39, 0.29) is 10.9 Å². The fourth-order valence-corrected chi connectivity index (χ4v) is 3.02. The van der Waals surface area contributed by atoms with Crippen LogP contribution in [0.2, 0.25) is 0 Å². The van der Waals surface area contributed by atoms with Gasteiger partial charge in [0.2, 0.25) is 0 Å². The smallest absolute Gasteiger partial charge is 0.179 e. The number of nitrogens with two attached hydrogens (primary N) is 1. The monoisotopic (exact) mass is 305 g/mol. The zero-order valence-corrected chi connectivity index (χ0v) is 13.1. The number of anilines is 2. The van der Waals surface area contributed by atoms with Crippen molar-refractivity contribution in [2.45, 2.75) is 17.9 Å². The number of rotatable bonds is 4. The Morgan fingerprint density at radius 3 is 2.57 bits per heavy atom. The molecule has 1 aromatic carbocycles. The van der Waals surface area contributed by atoms with Crippen molar-refractivity contribution < 1.29 is 8.42 Å². The summed E-state index contributed by atoms with van der Waals surface area (Å²) >= 11 is 0. The van der Waals surface area contributed by atoms with Crippen LogP contribution in [0.25, 0.3) is 0 Å². The van der Waals surface area contributed by atoms with Crippen molar-refractivity contribution >= 4 is 21.3 Å². The summed E-state index contributed by atoms with van der Waals surface area (Å²) in [5.74, 6) is 0.440. The molecular weight excluding hydrogens is 286 g/mol. The third-order valence-corrected chi connectivity index (χ3v) is 4.58. The second-order valence-electron chi connectivity index (χ2n) is 5.05. The van der Waals surface area contributed by atoms with Crippen LogP contribution >= 0.6 is 0 Å². The molecule has 0 saturated heterocycles. The predicted molar refractivity (Wildman–Crippen MR) is 85.0 cm³/mol. The molecule has 0 bridgehead atoms. The fraction of sp³-hybridized carbons (Fsp3) is 0.267. The van der Waals surface area contributed by atoms with Crippen LogP contribution < -0.4 is 10.6 Å². The first kappa shape index (κ1) is 15.3. The molecule has 6 heteroatoms. The summed E-state index contributed by atoms with van der Waals surface area (Å²) in [6, 6.07) is 10.7. The Kier molecular flexibility index (Phi) is 4.18. The highest BCUT2D eigenvalue weighted by Gasteiger charge is 2.21. The molecule has 0 spiro atoms. The van der Waals surface area contributed by atoms with E-state index in [1.807, 2.05) is 43.1 Å². The molecule has 5 nitrogen and oxygen atoms in total. The van der Waals surface area contributed by atoms with Crippen LogP contribution in [0.15, 0.2) is 47.5 Å². The lowest BCUT2D eigenvalue weighted by Crippen LogP contribution is -2.24. The molecule has 2 N–H and O–H groups in total. The molecule has 2 aromatic rings. The van der Waals surface area contributed by atoms with E-state index < -0.39 is 9.84 Å². The number of aromatic nitrogens is 1. The number of sulfone groups is 1. The number of hydrogen-bond donors (Lipinski definition) is 1. The Morgan fingerprint density at radius 1 is 1.24 bits per heavy atom. The summed E-state index contributed by atoms with van der Waals surface area (Å²) in [6.45, 7) is 1.98. The van der Waals surface area contributed by atoms with Crippen LogP contribution in [-0.2, 0) is 9.84 Å². The second kappa shape index (κ2) is 5.73. The van der Waals surface area contributed by atoms with Gasteiger partial charge in [0, 0.05) is 25.2 Å². The van der Waals surface area contributed by atoms with Crippen molar-refractivity contribution in [3.05, 3.63) is 48.2 Å². The molecule has 1 atom stereocenters. The Bertz CT molecular complexity index is 744. The molecule has 112 valence electrons. The fourth-order valence-electron chi connectivity index (χ4n) is 2.16. The molecule has 1 heterocycles. The van der Waals surface area contributed by atoms with Gasteiger partial charge in [-0.1, -0.05) is 12.1 Å². The molecule has 1 aromatic heterocycles. The molecule has 0 aliphatic rings. The zero-order valence-electron chi connectivity index (χ0n) is 12.3. The molecular formula is C15H19N3O2S. The van der Waals surface area contributed by atoms with Crippen molar-refractivity contribution in [1.29, 1.82) is 0 Å². The minimum absolute atomic E-state index is 0.0519. The second-order valence-corrected chi connectivity index (χ2v) is 7.04. The van der Waals surface area contributed by atoms with Gasteiger partial charge < -0.3 is 10.6 Å².